The van der Waals surface area contributed by atoms with Crippen molar-refractivity contribution < 1.29 is 19.8 Å². The number of aryl methyl sites for hydroxylation is 4. The fourth-order valence-corrected chi connectivity index (χ4v) is 10.1. The van der Waals surface area contributed by atoms with Crippen molar-refractivity contribution in [2.45, 2.75) is 91.9 Å². The van der Waals surface area contributed by atoms with Gasteiger partial charge in [0, 0.05) is 60.4 Å². The van der Waals surface area contributed by atoms with E-state index in [1.807, 2.05) is 38.4 Å². The van der Waals surface area contributed by atoms with Gasteiger partial charge in [-0.25, -0.2) is 29.9 Å². The van der Waals surface area contributed by atoms with Crippen molar-refractivity contribution in [1.29, 1.82) is 0 Å². The van der Waals surface area contributed by atoms with Crippen molar-refractivity contribution in [3.63, 3.8) is 0 Å². The molecule has 14 heteroatoms. The number of aliphatic carboxylic acids is 2. The summed E-state index contributed by atoms with van der Waals surface area (Å²) < 4.78 is 0. The third kappa shape index (κ3) is 11.8. The summed E-state index contributed by atoms with van der Waals surface area (Å²) >= 11 is 3.45. The van der Waals surface area contributed by atoms with Crippen LogP contribution in [0.1, 0.15) is 83.9 Å². The minimum absolute atomic E-state index is 0.163. The molecule has 4 heterocycles. The summed E-state index contributed by atoms with van der Waals surface area (Å²) in [4.78, 5) is 51.3. The van der Waals surface area contributed by atoms with E-state index in [-0.39, 0.29) is 11.8 Å². The second kappa shape index (κ2) is 19.6. The Morgan fingerprint density at radius 1 is 0.583 bits per heavy atom. The molecular formula is C46H52N8O4S2. The summed E-state index contributed by atoms with van der Waals surface area (Å²) in [6, 6.07) is 16.5. The Morgan fingerprint density at radius 2 is 0.983 bits per heavy atom. The molecule has 6 aromatic rings. The Bertz CT molecular complexity index is 2250. The SMILES string of the molecule is Cc1cc(Nc2nccc(C)n2)cc(-c2cnc(CC3CCC(C(=O)O)CC3)s2)c1.Cc1cc(Nc2nccc(C)n2)cc(-c2cnc(CC3CCC(C(=O)O)CC3)s2)c1. The molecule has 12 nitrogen and oxygen atoms in total. The van der Waals surface area contributed by atoms with Crippen molar-refractivity contribution >= 4 is 57.9 Å². The van der Waals surface area contributed by atoms with Gasteiger partial charge in [-0.05, 0) is 150 Å². The Kier molecular flexibility index (Phi) is 13.9. The molecule has 4 aromatic heterocycles. The first kappa shape index (κ1) is 42.5. The van der Waals surface area contributed by atoms with Gasteiger partial charge in [0.25, 0.3) is 0 Å². The van der Waals surface area contributed by atoms with Gasteiger partial charge in [-0.3, -0.25) is 9.59 Å². The van der Waals surface area contributed by atoms with Crippen LogP contribution in [0.3, 0.4) is 0 Å². The lowest BCUT2D eigenvalue weighted by molar-refractivity contribution is -0.144. The smallest absolute Gasteiger partial charge is 0.306 e. The summed E-state index contributed by atoms with van der Waals surface area (Å²) in [5.41, 5.74) is 8.32. The zero-order valence-electron chi connectivity index (χ0n) is 34.5. The van der Waals surface area contributed by atoms with E-state index in [4.69, 9.17) is 0 Å². The monoisotopic (exact) mass is 844 g/mol. The van der Waals surface area contributed by atoms with E-state index in [1.54, 1.807) is 35.1 Å². The number of carboxylic acid groups (broad SMARTS) is 2. The first-order valence-electron chi connectivity index (χ1n) is 20.6. The van der Waals surface area contributed by atoms with E-state index in [2.05, 4.69) is 90.8 Å². The van der Waals surface area contributed by atoms with E-state index >= 15 is 0 Å². The molecule has 0 atom stereocenters. The van der Waals surface area contributed by atoms with Crippen LogP contribution in [-0.2, 0) is 22.4 Å². The lowest BCUT2D eigenvalue weighted by Crippen LogP contribution is -2.22. The van der Waals surface area contributed by atoms with Gasteiger partial charge in [-0.1, -0.05) is 12.1 Å². The van der Waals surface area contributed by atoms with Crippen LogP contribution in [-0.4, -0.2) is 52.1 Å². The van der Waals surface area contributed by atoms with Crippen molar-refractivity contribution in [1.82, 2.24) is 29.9 Å². The number of anilines is 4. The molecule has 2 aliphatic carbocycles. The lowest BCUT2D eigenvalue weighted by atomic mass is 9.81. The number of hydrogen-bond donors (Lipinski definition) is 4. The topological polar surface area (TPSA) is 176 Å². The third-order valence-corrected chi connectivity index (χ3v) is 13.4. The highest BCUT2D eigenvalue weighted by Gasteiger charge is 2.28. The number of aromatic nitrogens is 6. The summed E-state index contributed by atoms with van der Waals surface area (Å²) in [6.07, 6.45) is 16.3. The molecule has 4 N–H and O–H groups in total. The van der Waals surface area contributed by atoms with Crippen LogP contribution < -0.4 is 10.6 Å². The largest absolute Gasteiger partial charge is 0.481 e. The van der Waals surface area contributed by atoms with Gasteiger partial charge < -0.3 is 20.8 Å². The first-order valence-corrected chi connectivity index (χ1v) is 22.3. The predicted octanol–water partition coefficient (Wildman–Crippen LogP) is 10.8. The molecule has 312 valence electrons. The normalized spacial score (nSPS) is 18.9. The molecule has 0 radical (unpaired) electrons. The van der Waals surface area contributed by atoms with Crippen LogP contribution in [0.25, 0.3) is 20.9 Å². The highest BCUT2D eigenvalue weighted by Crippen LogP contribution is 2.37. The van der Waals surface area contributed by atoms with Crippen molar-refractivity contribution in [2.75, 3.05) is 10.6 Å². The molecule has 2 fully saturated rings. The zero-order valence-corrected chi connectivity index (χ0v) is 36.2. The number of carboxylic acids is 2. The van der Waals surface area contributed by atoms with Gasteiger partial charge in [0.05, 0.1) is 31.6 Å². The van der Waals surface area contributed by atoms with Crippen LogP contribution in [0.4, 0.5) is 23.3 Å². The van der Waals surface area contributed by atoms with Crippen LogP contribution in [0.5, 0.6) is 0 Å². The fourth-order valence-electron chi connectivity index (χ4n) is 8.07. The Labute approximate surface area is 359 Å². The molecule has 2 aliphatic rings. The molecule has 0 spiro atoms. The second-order valence-corrected chi connectivity index (χ2v) is 18.5. The molecular weight excluding hydrogens is 793 g/mol. The average Bonchev–Trinajstić information content (AvgIpc) is 3.88. The Hall–Kier alpha value is -5.60. The highest BCUT2D eigenvalue weighted by atomic mass is 32.1. The lowest BCUT2D eigenvalue weighted by Gasteiger charge is -2.25. The first-order chi connectivity index (χ1) is 28.9. The van der Waals surface area contributed by atoms with E-state index < -0.39 is 11.9 Å². The number of benzene rings is 2. The molecule has 2 aromatic carbocycles. The van der Waals surface area contributed by atoms with Crippen LogP contribution >= 0.6 is 22.7 Å². The van der Waals surface area contributed by atoms with Crippen molar-refractivity contribution in [2.24, 2.45) is 23.7 Å². The average molecular weight is 845 g/mol. The Balaban J connectivity index is 0.000000181. The third-order valence-electron chi connectivity index (χ3n) is 11.3. The number of nitrogens with zero attached hydrogens (tertiary/aromatic N) is 6. The summed E-state index contributed by atoms with van der Waals surface area (Å²) in [5.74, 6) is 0.629. The molecule has 8 rings (SSSR count). The maximum absolute atomic E-state index is 11.1. The summed E-state index contributed by atoms with van der Waals surface area (Å²) in [5, 5.41) is 27.2. The number of nitrogens with one attached hydrogen (secondary N) is 2. The number of rotatable bonds is 12. The van der Waals surface area contributed by atoms with Gasteiger partial charge in [0.1, 0.15) is 0 Å². The molecule has 2 saturated carbocycles. The van der Waals surface area contributed by atoms with E-state index in [9.17, 15) is 19.8 Å². The van der Waals surface area contributed by atoms with Gasteiger partial charge in [-0.15, -0.1) is 22.7 Å². The summed E-state index contributed by atoms with van der Waals surface area (Å²) in [6.45, 7) is 8.05. The van der Waals surface area contributed by atoms with Gasteiger partial charge in [0.15, 0.2) is 0 Å². The molecule has 0 bridgehead atoms. The quantitative estimate of drug-likeness (QED) is 0.0918. The van der Waals surface area contributed by atoms with Gasteiger partial charge in [0.2, 0.25) is 11.9 Å². The number of hydrogen-bond acceptors (Lipinski definition) is 12. The van der Waals surface area contributed by atoms with Crippen LogP contribution in [0.2, 0.25) is 0 Å². The van der Waals surface area contributed by atoms with E-state index in [0.717, 1.165) is 129 Å². The van der Waals surface area contributed by atoms with E-state index in [1.165, 1.54) is 0 Å². The molecule has 0 saturated heterocycles. The Morgan fingerprint density at radius 3 is 1.35 bits per heavy atom. The number of carbonyl (C=O) groups is 2. The fraction of sp³-hybridized carbons (Fsp3) is 0.391. The van der Waals surface area contributed by atoms with E-state index in [0.29, 0.717) is 23.7 Å². The second-order valence-electron chi connectivity index (χ2n) is 16.2. The zero-order chi connectivity index (χ0) is 42.2. The predicted molar refractivity (Wildman–Crippen MR) is 238 cm³/mol. The van der Waals surface area contributed by atoms with Crippen LogP contribution in [0.15, 0.2) is 73.3 Å². The van der Waals surface area contributed by atoms with Crippen molar-refractivity contribution in [3.05, 3.63) is 106 Å². The molecule has 0 aliphatic heterocycles. The minimum atomic E-state index is -0.648. The van der Waals surface area contributed by atoms with Gasteiger partial charge in [-0.2, -0.15) is 0 Å². The minimum Gasteiger partial charge on any atom is -0.481 e. The van der Waals surface area contributed by atoms with Crippen molar-refractivity contribution in [3.8, 4) is 20.9 Å². The molecule has 60 heavy (non-hydrogen) atoms. The maximum atomic E-state index is 11.1. The summed E-state index contributed by atoms with van der Waals surface area (Å²) in [7, 11) is 0. The maximum Gasteiger partial charge on any atom is 0.306 e. The number of thiazole rings is 2. The molecule has 0 unspecified atom stereocenters. The van der Waals surface area contributed by atoms with Crippen LogP contribution in [0, 0.1) is 51.4 Å². The van der Waals surface area contributed by atoms with Gasteiger partial charge >= 0.3 is 11.9 Å². The highest BCUT2D eigenvalue weighted by molar-refractivity contribution is 7.15. The standard InChI is InChI=1S/2C23H26N4O2S/c2*1-14-9-18(12-19(10-14)27-23-24-8-7-15(2)26-23)20-13-25-21(30-20)11-16-3-5-17(6-4-16)22(28)29/h2*7-10,12-13,16-17H,3-6,11H2,1-2H3,(H,28,29)(H,24,26,27). The molecule has 0 amide bonds.